The van der Waals surface area contributed by atoms with Gasteiger partial charge in [0.25, 0.3) is 0 Å². The van der Waals surface area contributed by atoms with Gasteiger partial charge in [0, 0.05) is 5.56 Å². The molecule has 3 heteroatoms. The molecule has 0 spiro atoms. The molecular formula is C16H24O3. The fourth-order valence-electron chi connectivity index (χ4n) is 2.22. The minimum Gasteiger partial charge on any atom is -0.496 e. The molecule has 0 saturated carbocycles. The molecule has 3 nitrogen and oxygen atoms in total. The molecule has 106 valence electrons. The Morgan fingerprint density at radius 2 is 1.84 bits per heavy atom. The number of benzene rings is 1. The predicted molar refractivity (Wildman–Crippen MR) is 76.9 cm³/mol. The second-order valence-corrected chi connectivity index (χ2v) is 6.27. The van der Waals surface area contributed by atoms with Gasteiger partial charge >= 0.3 is 5.97 Å². The fraction of sp³-hybridized carbons (Fsp3) is 0.562. The van der Waals surface area contributed by atoms with Crippen molar-refractivity contribution >= 4 is 5.97 Å². The lowest BCUT2D eigenvalue weighted by molar-refractivity contribution is -0.139. The van der Waals surface area contributed by atoms with Crippen molar-refractivity contribution in [3.63, 3.8) is 0 Å². The summed E-state index contributed by atoms with van der Waals surface area (Å²) in [7, 11) is 1.58. The van der Waals surface area contributed by atoms with Crippen molar-refractivity contribution in [1.82, 2.24) is 0 Å². The van der Waals surface area contributed by atoms with Crippen molar-refractivity contribution in [2.45, 2.75) is 46.0 Å². The van der Waals surface area contributed by atoms with Crippen molar-refractivity contribution in [1.29, 1.82) is 0 Å². The number of rotatable bonds is 4. The Hall–Kier alpha value is -1.51. The Bertz CT molecular complexity index is 456. The van der Waals surface area contributed by atoms with Gasteiger partial charge in [-0.25, -0.2) is 0 Å². The van der Waals surface area contributed by atoms with Crippen LogP contribution in [0.5, 0.6) is 5.75 Å². The molecule has 0 aliphatic carbocycles. The summed E-state index contributed by atoms with van der Waals surface area (Å²) in [6.45, 7) is 10.2. The Morgan fingerprint density at radius 1 is 1.26 bits per heavy atom. The Morgan fingerprint density at radius 3 is 2.21 bits per heavy atom. The van der Waals surface area contributed by atoms with Gasteiger partial charge in [0.2, 0.25) is 0 Å². The molecular weight excluding hydrogens is 240 g/mol. The largest absolute Gasteiger partial charge is 0.496 e. The summed E-state index contributed by atoms with van der Waals surface area (Å²) in [5.74, 6) is -0.688. The first kappa shape index (κ1) is 15.5. The van der Waals surface area contributed by atoms with Gasteiger partial charge in [-0.2, -0.15) is 0 Å². The molecule has 0 fully saturated rings. The summed E-state index contributed by atoms with van der Waals surface area (Å²) in [5.41, 5.74) is 1.87. The van der Waals surface area contributed by atoms with Gasteiger partial charge < -0.3 is 9.84 Å². The van der Waals surface area contributed by atoms with Crippen molar-refractivity contribution in [3.05, 3.63) is 29.3 Å². The van der Waals surface area contributed by atoms with Crippen LogP contribution in [0.4, 0.5) is 0 Å². The highest BCUT2D eigenvalue weighted by molar-refractivity contribution is 5.77. The van der Waals surface area contributed by atoms with E-state index in [9.17, 15) is 9.90 Å². The van der Waals surface area contributed by atoms with Crippen LogP contribution in [0.25, 0.3) is 0 Å². The second-order valence-electron chi connectivity index (χ2n) is 6.27. The summed E-state index contributed by atoms with van der Waals surface area (Å²) in [5, 5.41) is 9.46. The lowest BCUT2D eigenvalue weighted by Crippen LogP contribution is -2.20. The van der Waals surface area contributed by atoms with Gasteiger partial charge in [0.1, 0.15) is 5.75 Å². The number of ether oxygens (including phenoxy) is 1. The number of methoxy groups -OCH3 is 1. The summed E-state index contributed by atoms with van der Waals surface area (Å²) < 4.78 is 5.33. The van der Waals surface area contributed by atoms with Crippen LogP contribution in [-0.2, 0) is 10.2 Å². The standard InChI is InChI=1S/C16H24O3/c1-10(2)14(15(17)18)12-9-11(16(3,4)5)7-8-13(12)19-6/h7-10,14H,1-6H3,(H,17,18). The highest BCUT2D eigenvalue weighted by Gasteiger charge is 2.28. The average Bonchev–Trinajstić information content (AvgIpc) is 2.26. The Balaban J connectivity index is 3.41. The minimum atomic E-state index is -0.806. The maximum atomic E-state index is 11.5. The number of aliphatic carboxylic acids is 1. The van der Waals surface area contributed by atoms with Crippen LogP contribution < -0.4 is 4.74 Å². The number of carbonyl (C=O) groups is 1. The molecule has 0 aliphatic heterocycles. The van der Waals surface area contributed by atoms with E-state index in [1.165, 1.54) is 0 Å². The summed E-state index contributed by atoms with van der Waals surface area (Å²) >= 11 is 0. The molecule has 0 bridgehead atoms. The molecule has 0 saturated heterocycles. The molecule has 0 aliphatic rings. The van der Waals surface area contributed by atoms with Crippen LogP contribution in [0.15, 0.2) is 18.2 Å². The highest BCUT2D eigenvalue weighted by atomic mass is 16.5. The fourth-order valence-corrected chi connectivity index (χ4v) is 2.22. The third-order valence-electron chi connectivity index (χ3n) is 3.36. The number of hydrogen-bond acceptors (Lipinski definition) is 2. The molecule has 1 N–H and O–H groups in total. The molecule has 1 aromatic rings. The Kier molecular flexibility index (Phi) is 4.61. The summed E-state index contributed by atoms with van der Waals surface area (Å²) in [6.07, 6.45) is 0. The van der Waals surface area contributed by atoms with Crippen LogP contribution in [0.3, 0.4) is 0 Å². The van der Waals surface area contributed by atoms with E-state index in [4.69, 9.17) is 4.74 Å². The normalized spacial score (nSPS) is 13.4. The molecule has 0 heterocycles. The van der Waals surface area contributed by atoms with Gasteiger partial charge in [0.05, 0.1) is 13.0 Å². The van der Waals surface area contributed by atoms with Crippen molar-refractivity contribution in [2.75, 3.05) is 7.11 Å². The lowest BCUT2D eigenvalue weighted by atomic mass is 9.81. The predicted octanol–water partition coefficient (Wildman–Crippen LogP) is 3.82. The maximum Gasteiger partial charge on any atom is 0.311 e. The highest BCUT2D eigenvalue weighted by Crippen LogP contribution is 2.35. The van der Waals surface area contributed by atoms with Crippen LogP contribution in [-0.4, -0.2) is 18.2 Å². The van der Waals surface area contributed by atoms with E-state index in [1.807, 2.05) is 32.0 Å². The molecule has 1 atom stereocenters. The van der Waals surface area contributed by atoms with Crippen molar-refractivity contribution < 1.29 is 14.6 Å². The molecule has 1 unspecified atom stereocenters. The van der Waals surface area contributed by atoms with Gasteiger partial charge in [-0.05, 0) is 23.0 Å². The molecule has 1 rings (SSSR count). The molecule has 0 aromatic heterocycles. The minimum absolute atomic E-state index is 0.0128. The first-order valence-electron chi connectivity index (χ1n) is 6.59. The first-order chi connectivity index (χ1) is 8.68. The van der Waals surface area contributed by atoms with E-state index in [1.54, 1.807) is 7.11 Å². The smallest absolute Gasteiger partial charge is 0.311 e. The average molecular weight is 264 g/mol. The van der Waals surface area contributed by atoms with Crippen LogP contribution in [0.2, 0.25) is 0 Å². The zero-order valence-electron chi connectivity index (χ0n) is 12.7. The van der Waals surface area contributed by atoms with E-state index in [-0.39, 0.29) is 11.3 Å². The van der Waals surface area contributed by atoms with Crippen LogP contribution >= 0.6 is 0 Å². The van der Waals surface area contributed by atoms with E-state index < -0.39 is 11.9 Å². The van der Waals surface area contributed by atoms with Gasteiger partial charge in [0.15, 0.2) is 0 Å². The molecule has 0 amide bonds. The van der Waals surface area contributed by atoms with Crippen molar-refractivity contribution in [3.8, 4) is 5.75 Å². The SMILES string of the molecule is COc1ccc(C(C)(C)C)cc1C(C(=O)O)C(C)C. The third kappa shape index (κ3) is 3.49. The molecule has 0 radical (unpaired) electrons. The second kappa shape index (κ2) is 5.64. The molecule has 19 heavy (non-hydrogen) atoms. The van der Waals surface area contributed by atoms with Crippen molar-refractivity contribution in [2.24, 2.45) is 5.92 Å². The third-order valence-corrected chi connectivity index (χ3v) is 3.36. The quantitative estimate of drug-likeness (QED) is 0.899. The Labute approximate surface area is 115 Å². The van der Waals surface area contributed by atoms with E-state index >= 15 is 0 Å². The zero-order valence-corrected chi connectivity index (χ0v) is 12.7. The van der Waals surface area contributed by atoms with E-state index in [0.717, 1.165) is 11.1 Å². The topological polar surface area (TPSA) is 46.5 Å². The van der Waals surface area contributed by atoms with Gasteiger partial charge in [-0.15, -0.1) is 0 Å². The van der Waals surface area contributed by atoms with E-state index in [0.29, 0.717) is 5.75 Å². The maximum absolute atomic E-state index is 11.5. The first-order valence-corrected chi connectivity index (χ1v) is 6.59. The zero-order chi connectivity index (χ0) is 14.8. The van der Waals surface area contributed by atoms with E-state index in [2.05, 4.69) is 20.8 Å². The summed E-state index contributed by atoms with van der Waals surface area (Å²) in [4.78, 5) is 11.5. The van der Waals surface area contributed by atoms with Crippen LogP contribution in [0.1, 0.15) is 51.7 Å². The van der Waals surface area contributed by atoms with Gasteiger partial charge in [-0.1, -0.05) is 46.8 Å². The van der Waals surface area contributed by atoms with Crippen LogP contribution in [0, 0.1) is 5.92 Å². The number of carboxylic acid groups (broad SMARTS) is 1. The summed E-state index contributed by atoms with van der Waals surface area (Å²) in [6, 6.07) is 5.84. The lowest BCUT2D eigenvalue weighted by Gasteiger charge is -2.24. The van der Waals surface area contributed by atoms with Gasteiger partial charge in [-0.3, -0.25) is 4.79 Å². The number of carboxylic acids is 1. The monoisotopic (exact) mass is 264 g/mol. The molecule has 1 aromatic carbocycles. The number of hydrogen-bond donors (Lipinski definition) is 1.